The molecule has 1 fully saturated rings. The second-order valence-corrected chi connectivity index (χ2v) is 5.49. The summed E-state index contributed by atoms with van der Waals surface area (Å²) in [4.78, 5) is 22.0. The maximum Gasteiger partial charge on any atom is 0.288 e. The van der Waals surface area contributed by atoms with Crippen molar-refractivity contribution in [2.45, 2.75) is 12.7 Å². The van der Waals surface area contributed by atoms with Crippen LogP contribution in [-0.4, -0.2) is 38.3 Å². The summed E-state index contributed by atoms with van der Waals surface area (Å²) in [6, 6.07) is 14.3. The highest BCUT2D eigenvalue weighted by Gasteiger charge is 2.16. The van der Waals surface area contributed by atoms with Crippen LogP contribution >= 0.6 is 0 Å². The van der Waals surface area contributed by atoms with Gasteiger partial charge in [-0.05, 0) is 24.3 Å². The van der Waals surface area contributed by atoms with E-state index in [2.05, 4.69) is 5.32 Å². The first-order valence-corrected chi connectivity index (χ1v) is 8.24. The molecule has 0 unspecified atom stereocenters. The Morgan fingerprint density at radius 2 is 1.88 bits per heavy atom. The van der Waals surface area contributed by atoms with Crippen molar-refractivity contribution in [1.82, 2.24) is 0 Å². The predicted octanol–water partition coefficient (Wildman–Crippen LogP) is 2.76. The summed E-state index contributed by atoms with van der Waals surface area (Å²) in [6.45, 7) is 1.47. The Morgan fingerprint density at radius 3 is 2.62 bits per heavy atom. The van der Waals surface area contributed by atoms with Crippen LogP contribution in [0.5, 0.6) is 17.2 Å². The van der Waals surface area contributed by atoms with Crippen molar-refractivity contribution in [3.8, 4) is 17.2 Å². The summed E-state index contributed by atoms with van der Waals surface area (Å²) in [5.74, 6) is 0.861. The number of amides is 1. The summed E-state index contributed by atoms with van der Waals surface area (Å²) < 4.78 is 22.3. The second kappa shape index (κ2) is 8.98. The minimum absolute atomic E-state index is 0.207. The summed E-state index contributed by atoms with van der Waals surface area (Å²) in [7, 11) is 0. The SMILES string of the molecule is O=CC(=O)Nc1ccc(Oc2ccccc2)cc1OCCC1OCCO1. The molecule has 1 heterocycles. The molecule has 1 saturated heterocycles. The number of para-hydroxylation sites is 1. The molecule has 0 bridgehead atoms. The van der Waals surface area contributed by atoms with E-state index < -0.39 is 5.91 Å². The normalized spacial score (nSPS) is 14.0. The molecular weight excluding hydrogens is 338 g/mol. The van der Waals surface area contributed by atoms with Gasteiger partial charge in [-0.1, -0.05) is 18.2 Å². The largest absolute Gasteiger partial charge is 0.491 e. The number of hydrogen-bond acceptors (Lipinski definition) is 6. The van der Waals surface area contributed by atoms with Crippen LogP contribution in [0.1, 0.15) is 6.42 Å². The lowest BCUT2D eigenvalue weighted by Gasteiger charge is -2.15. The Labute approximate surface area is 150 Å². The molecule has 2 aromatic rings. The Morgan fingerprint density at radius 1 is 1.12 bits per heavy atom. The minimum Gasteiger partial charge on any atom is -0.491 e. The van der Waals surface area contributed by atoms with Gasteiger partial charge in [-0.25, -0.2) is 0 Å². The first kappa shape index (κ1) is 17.9. The third-order valence-corrected chi connectivity index (χ3v) is 3.60. The van der Waals surface area contributed by atoms with Crippen LogP contribution < -0.4 is 14.8 Å². The molecule has 0 atom stereocenters. The molecular formula is C19H19NO6. The molecule has 3 rings (SSSR count). The fourth-order valence-electron chi connectivity index (χ4n) is 2.41. The molecule has 1 N–H and O–H groups in total. The zero-order valence-electron chi connectivity index (χ0n) is 14.1. The zero-order valence-corrected chi connectivity index (χ0v) is 14.1. The quantitative estimate of drug-likeness (QED) is 0.578. The van der Waals surface area contributed by atoms with Crippen molar-refractivity contribution in [3.63, 3.8) is 0 Å². The molecule has 0 aliphatic carbocycles. The number of rotatable bonds is 8. The van der Waals surface area contributed by atoms with E-state index in [1.807, 2.05) is 30.3 Å². The Bertz CT molecular complexity index is 743. The number of aldehydes is 1. The molecule has 0 spiro atoms. The van der Waals surface area contributed by atoms with Gasteiger partial charge in [-0.2, -0.15) is 0 Å². The van der Waals surface area contributed by atoms with Crippen molar-refractivity contribution in [2.24, 2.45) is 0 Å². The van der Waals surface area contributed by atoms with Gasteiger partial charge in [0.1, 0.15) is 17.2 Å². The van der Waals surface area contributed by atoms with E-state index in [4.69, 9.17) is 18.9 Å². The maximum atomic E-state index is 11.4. The average Bonchev–Trinajstić information content (AvgIpc) is 3.18. The lowest BCUT2D eigenvalue weighted by atomic mass is 10.2. The number of ether oxygens (including phenoxy) is 4. The molecule has 0 radical (unpaired) electrons. The number of hydrogen-bond donors (Lipinski definition) is 1. The van der Waals surface area contributed by atoms with E-state index in [1.54, 1.807) is 18.2 Å². The fraction of sp³-hybridized carbons (Fsp3) is 0.263. The molecule has 1 aliphatic rings. The first-order chi connectivity index (χ1) is 12.7. The number of benzene rings is 2. The summed E-state index contributed by atoms with van der Waals surface area (Å²) in [5, 5.41) is 2.48. The van der Waals surface area contributed by atoms with Crippen LogP contribution in [-0.2, 0) is 19.1 Å². The van der Waals surface area contributed by atoms with Gasteiger partial charge in [0.15, 0.2) is 6.29 Å². The van der Waals surface area contributed by atoms with Crippen LogP contribution in [0, 0.1) is 0 Å². The molecule has 1 amide bonds. The third kappa shape index (κ3) is 5.05. The lowest BCUT2D eigenvalue weighted by Crippen LogP contribution is -2.15. The van der Waals surface area contributed by atoms with Crippen molar-refractivity contribution in [3.05, 3.63) is 48.5 Å². The molecule has 0 saturated carbocycles. The van der Waals surface area contributed by atoms with Crippen LogP contribution in [0.2, 0.25) is 0 Å². The van der Waals surface area contributed by atoms with Gasteiger partial charge in [-0.3, -0.25) is 9.59 Å². The molecule has 2 aromatic carbocycles. The van der Waals surface area contributed by atoms with Gasteiger partial charge in [0, 0.05) is 12.5 Å². The Kier molecular flexibility index (Phi) is 6.19. The van der Waals surface area contributed by atoms with Crippen LogP contribution in [0.3, 0.4) is 0 Å². The van der Waals surface area contributed by atoms with Gasteiger partial charge >= 0.3 is 0 Å². The highest BCUT2D eigenvalue weighted by atomic mass is 16.7. The molecule has 26 heavy (non-hydrogen) atoms. The van der Waals surface area contributed by atoms with Crippen molar-refractivity contribution in [2.75, 3.05) is 25.1 Å². The highest BCUT2D eigenvalue weighted by molar-refractivity contribution is 6.29. The monoisotopic (exact) mass is 357 g/mol. The minimum atomic E-state index is -0.756. The lowest BCUT2D eigenvalue weighted by molar-refractivity contribution is -0.127. The van der Waals surface area contributed by atoms with E-state index >= 15 is 0 Å². The van der Waals surface area contributed by atoms with Crippen molar-refractivity contribution in [1.29, 1.82) is 0 Å². The van der Waals surface area contributed by atoms with E-state index in [1.165, 1.54) is 0 Å². The zero-order chi connectivity index (χ0) is 18.2. The molecule has 136 valence electrons. The molecule has 7 nitrogen and oxygen atoms in total. The van der Waals surface area contributed by atoms with E-state index in [9.17, 15) is 9.59 Å². The number of anilines is 1. The van der Waals surface area contributed by atoms with Crippen molar-refractivity contribution < 1.29 is 28.5 Å². The van der Waals surface area contributed by atoms with Crippen LogP contribution in [0.4, 0.5) is 5.69 Å². The Hall–Kier alpha value is -2.90. The smallest absolute Gasteiger partial charge is 0.288 e. The van der Waals surface area contributed by atoms with E-state index in [0.29, 0.717) is 49.2 Å². The third-order valence-electron chi connectivity index (χ3n) is 3.60. The van der Waals surface area contributed by atoms with Gasteiger partial charge in [0.05, 0.1) is 25.5 Å². The maximum absolute atomic E-state index is 11.4. The average molecular weight is 357 g/mol. The topological polar surface area (TPSA) is 83.1 Å². The first-order valence-electron chi connectivity index (χ1n) is 8.24. The van der Waals surface area contributed by atoms with E-state index in [-0.39, 0.29) is 12.6 Å². The standard InChI is InChI=1S/C19H19NO6/c21-13-18(22)20-16-7-6-15(26-14-4-2-1-3-5-14)12-17(16)23-9-8-19-24-10-11-25-19/h1-7,12-13,19H,8-11H2,(H,20,22). The molecule has 7 heteroatoms. The van der Waals surface area contributed by atoms with Gasteiger partial charge in [0.2, 0.25) is 6.29 Å². The summed E-state index contributed by atoms with van der Waals surface area (Å²) in [6.07, 6.45) is 0.468. The van der Waals surface area contributed by atoms with Crippen LogP contribution in [0.15, 0.2) is 48.5 Å². The van der Waals surface area contributed by atoms with Gasteiger partial charge < -0.3 is 24.3 Å². The highest BCUT2D eigenvalue weighted by Crippen LogP contribution is 2.32. The summed E-state index contributed by atoms with van der Waals surface area (Å²) >= 11 is 0. The molecule has 1 aliphatic heterocycles. The summed E-state index contributed by atoms with van der Waals surface area (Å²) in [5.41, 5.74) is 0.385. The van der Waals surface area contributed by atoms with Gasteiger partial charge in [0.25, 0.3) is 5.91 Å². The van der Waals surface area contributed by atoms with E-state index in [0.717, 1.165) is 0 Å². The number of carbonyl (C=O) groups excluding carboxylic acids is 2. The van der Waals surface area contributed by atoms with Gasteiger partial charge in [-0.15, -0.1) is 0 Å². The second-order valence-electron chi connectivity index (χ2n) is 5.49. The predicted molar refractivity (Wildman–Crippen MR) is 93.5 cm³/mol. The molecule has 0 aromatic heterocycles. The number of nitrogens with one attached hydrogen (secondary N) is 1. The fourth-order valence-corrected chi connectivity index (χ4v) is 2.41. The van der Waals surface area contributed by atoms with Crippen LogP contribution in [0.25, 0.3) is 0 Å². The number of carbonyl (C=O) groups is 2. The Balaban J connectivity index is 1.71. The van der Waals surface area contributed by atoms with Crippen molar-refractivity contribution >= 4 is 17.9 Å².